The van der Waals surface area contributed by atoms with Crippen LogP contribution in [-0.4, -0.2) is 17.0 Å². The van der Waals surface area contributed by atoms with E-state index >= 15 is 0 Å². The molecule has 0 amide bonds. The Labute approximate surface area is 166 Å². The number of rotatable bonds is 4. The summed E-state index contributed by atoms with van der Waals surface area (Å²) in [6.07, 6.45) is 14.5. The summed E-state index contributed by atoms with van der Waals surface area (Å²) in [5, 5.41) is 10.7. The molecule has 9 atom stereocenters. The molecule has 4 rings (SSSR count). The van der Waals surface area contributed by atoms with Gasteiger partial charge in [0.2, 0.25) is 0 Å². The van der Waals surface area contributed by atoms with Crippen molar-refractivity contribution in [2.24, 2.45) is 46.3 Å². The molecule has 0 heterocycles. The SMILES string of the molecule is C[C@H](CCC=O)[C@H]1CC[C@H]2C3CC[C@H]4C[C@@](C)(O)CC[C@]4(C)[C@H]3CC[C@]12C. The van der Waals surface area contributed by atoms with Gasteiger partial charge in [0.05, 0.1) is 5.60 Å². The maximum atomic E-state index is 10.9. The Kier molecular flexibility index (Phi) is 5.06. The van der Waals surface area contributed by atoms with E-state index in [0.29, 0.717) is 16.7 Å². The van der Waals surface area contributed by atoms with Crippen LogP contribution < -0.4 is 0 Å². The molecule has 1 N–H and O–H groups in total. The van der Waals surface area contributed by atoms with Crippen LogP contribution in [0.25, 0.3) is 0 Å². The molecule has 0 spiro atoms. The molecule has 1 unspecified atom stereocenters. The zero-order valence-electron chi connectivity index (χ0n) is 18.2. The molecular formula is C25H42O2. The van der Waals surface area contributed by atoms with Gasteiger partial charge in [-0.1, -0.05) is 20.8 Å². The molecule has 0 aromatic rings. The van der Waals surface area contributed by atoms with Gasteiger partial charge in [-0.25, -0.2) is 0 Å². The lowest BCUT2D eigenvalue weighted by molar-refractivity contribution is -0.148. The van der Waals surface area contributed by atoms with E-state index in [9.17, 15) is 9.90 Å². The van der Waals surface area contributed by atoms with Gasteiger partial charge in [0, 0.05) is 6.42 Å². The maximum Gasteiger partial charge on any atom is 0.120 e. The fourth-order valence-corrected chi connectivity index (χ4v) is 8.94. The molecule has 2 heteroatoms. The molecule has 0 saturated heterocycles. The fraction of sp³-hybridized carbons (Fsp3) is 0.960. The highest BCUT2D eigenvalue weighted by molar-refractivity contribution is 5.49. The van der Waals surface area contributed by atoms with Gasteiger partial charge in [-0.05, 0) is 117 Å². The highest BCUT2D eigenvalue weighted by Gasteiger charge is 2.61. The first-order chi connectivity index (χ1) is 12.7. The van der Waals surface area contributed by atoms with Crippen molar-refractivity contribution >= 4 is 6.29 Å². The fourth-order valence-electron chi connectivity index (χ4n) is 8.94. The van der Waals surface area contributed by atoms with Crippen molar-refractivity contribution in [3.63, 3.8) is 0 Å². The Morgan fingerprint density at radius 3 is 2.44 bits per heavy atom. The second-order valence-electron chi connectivity index (χ2n) is 11.8. The van der Waals surface area contributed by atoms with Gasteiger partial charge in [-0.3, -0.25) is 0 Å². The summed E-state index contributed by atoms with van der Waals surface area (Å²) >= 11 is 0. The van der Waals surface area contributed by atoms with Crippen molar-refractivity contribution in [1.82, 2.24) is 0 Å². The summed E-state index contributed by atoms with van der Waals surface area (Å²) in [5.74, 6) is 4.95. The molecule has 0 aromatic carbocycles. The zero-order chi connectivity index (χ0) is 19.4. The average Bonchev–Trinajstić information content (AvgIpc) is 2.97. The standard InChI is InChI=1S/C25H42O2/c1-17(6-5-15-26)20-9-10-21-19-8-7-18-16-23(2,27)13-14-24(18,3)22(19)11-12-25(20,21)4/h15,17-22,27H,5-14,16H2,1-4H3/t17-,18+,19?,20-,21+,22+,23+,24+,25-/m1/s1. The Balaban J connectivity index is 1.53. The molecule has 4 aliphatic carbocycles. The van der Waals surface area contributed by atoms with Crippen molar-refractivity contribution in [3.8, 4) is 0 Å². The van der Waals surface area contributed by atoms with Crippen LogP contribution in [-0.2, 0) is 4.79 Å². The minimum Gasteiger partial charge on any atom is -0.390 e. The van der Waals surface area contributed by atoms with Crippen molar-refractivity contribution < 1.29 is 9.90 Å². The molecule has 4 fully saturated rings. The first kappa shape index (κ1) is 19.9. The monoisotopic (exact) mass is 374 g/mol. The summed E-state index contributed by atoms with van der Waals surface area (Å²) in [6, 6.07) is 0. The minimum atomic E-state index is -0.424. The number of hydrogen-bond acceptors (Lipinski definition) is 2. The van der Waals surface area contributed by atoms with Gasteiger partial charge >= 0.3 is 0 Å². The van der Waals surface area contributed by atoms with E-state index in [1.165, 1.54) is 44.9 Å². The van der Waals surface area contributed by atoms with Gasteiger partial charge in [0.15, 0.2) is 0 Å². The summed E-state index contributed by atoms with van der Waals surface area (Å²) in [6.45, 7) is 9.68. The van der Waals surface area contributed by atoms with Crippen LogP contribution in [0.15, 0.2) is 0 Å². The largest absolute Gasteiger partial charge is 0.390 e. The third kappa shape index (κ3) is 3.13. The molecule has 2 nitrogen and oxygen atoms in total. The maximum absolute atomic E-state index is 10.9. The lowest BCUT2D eigenvalue weighted by Crippen LogP contribution is -2.55. The smallest absolute Gasteiger partial charge is 0.120 e. The Morgan fingerprint density at radius 1 is 0.963 bits per heavy atom. The molecule has 4 aliphatic rings. The second-order valence-corrected chi connectivity index (χ2v) is 11.8. The van der Waals surface area contributed by atoms with Gasteiger partial charge in [-0.2, -0.15) is 0 Å². The van der Waals surface area contributed by atoms with E-state index in [0.717, 1.165) is 61.6 Å². The number of fused-ring (bicyclic) bond motifs is 5. The molecular weight excluding hydrogens is 332 g/mol. The minimum absolute atomic E-state index is 0.424. The summed E-state index contributed by atoms with van der Waals surface area (Å²) in [7, 11) is 0. The van der Waals surface area contributed by atoms with Crippen LogP contribution in [0.4, 0.5) is 0 Å². The topological polar surface area (TPSA) is 37.3 Å². The van der Waals surface area contributed by atoms with E-state index in [1.54, 1.807) is 0 Å². The van der Waals surface area contributed by atoms with Crippen molar-refractivity contribution in [2.45, 2.75) is 104 Å². The Hall–Kier alpha value is -0.370. The highest BCUT2D eigenvalue weighted by atomic mass is 16.3. The third-order valence-electron chi connectivity index (χ3n) is 10.5. The van der Waals surface area contributed by atoms with E-state index < -0.39 is 5.60 Å². The van der Waals surface area contributed by atoms with E-state index in [2.05, 4.69) is 27.7 Å². The van der Waals surface area contributed by atoms with E-state index in [4.69, 9.17) is 0 Å². The molecule has 0 aliphatic heterocycles. The zero-order valence-corrected chi connectivity index (χ0v) is 18.2. The van der Waals surface area contributed by atoms with Gasteiger partial charge in [-0.15, -0.1) is 0 Å². The Morgan fingerprint density at radius 2 is 1.70 bits per heavy atom. The average molecular weight is 375 g/mol. The van der Waals surface area contributed by atoms with Gasteiger partial charge < -0.3 is 9.90 Å². The predicted molar refractivity (Wildman–Crippen MR) is 110 cm³/mol. The Bertz CT molecular complexity index is 569. The first-order valence-corrected chi connectivity index (χ1v) is 11.9. The lowest BCUT2D eigenvalue weighted by Gasteiger charge is -2.62. The van der Waals surface area contributed by atoms with Gasteiger partial charge in [0.25, 0.3) is 0 Å². The van der Waals surface area contributed by atoms with E-state index in [-0.39, 0.29) is 0 Å². The van der Waals surface area contributed by atoms with Crippen molar-refractivity contribution in [2.75, 3.05) is 0 Å². The van der Waals surface area contributed by atoms with Crippen LogP contribution in [0.3, 0.4) is 0 Å². The molecule has 27 heavy (non-hydrogen) atoms. The van der Waals surface area contributed by atoms with Gasteiger partial charge in [0.1, 0.15) is 6.29 Å². The molecule has 0 radical (unpaired) electrons. The number of carbonyl (C=O) groups excluding carboxylic acids is 1. The van der Waals surface area contributed by atoms with Crippen LogP contribution in [0, 0.1) is 46.3 Å². The molecule has 0 aromatic heterocycles. The quantitative estimate of drug-likeness (QED) is 0.612. The number of aliphatic hydroxyl groups is 1. The lowest BCUT2D eigenvalue weighted by atomic mass is 9.43. The van der Waals surface area contributed by atoms with E-state index in [1.807, 2.05) is 0 Å². The summed E-state index contributed by atoms with van der Waals surface area (Å²) < 4.78 is 0. The highest BCUT2D eigenvalue weighted by Crippen LogP contribution is 2.68. The van der Waals surface area contributed by atoms with Crippen molar-refractivity contribution in [1.29, 1.82) is 0 Å². The number of hydrogen-bond donors (Lipinski definition) is 1. The number of aldehydes is 1. The predicted octanol–water partition coefficient (Wildman–Crippen LogP) is 6.01. The molecule has 154 valence electrons. The van der Waals surface area contributed by atoms with Crippen LogP contribution in [0.1, 0.15) is 98.3 Å². The van der Waals surface area contributed by atoms with Crippen LogP contribution >= 0.6 is 0 Å². The molecule has 0 bridgehead atoms. The normalized spacial score (nSPS) is 53.1. The number of carbonyl (C=O) groups is 1. The van der Waals surface area contributed by atoms with Crippen molar-refractivity contribution in [3.05, 3.63) is 0 Å². The van der Waals surface area contributed by atoms with Crippen LogP contribution in [0.5, 0.6) is 0 Å². The molecule has 4 saturated carbocycles. The van der Waals surface area contributed by atoms with Crippen LogP contribution in [0.2, 0.25) is 0 Å². The third-order valence-corrected chi connectivity index (χ3v) is 10.5. The second kappa shape index (κ2) is 6.85. The summed E-state index contributed by atoms with van der Waals surface area (Å²) in [4.78, 5) is 10.9. The first-order valence-electron chi connectivity index (χ1n) is 11.9. The summed E-state index contributed by atoms with van der Waals surface area (Å²) in [5.41, 5.74) is 0.549.